The van der Waals surface area contributed by atoms with Crippen LogP contribution in [0.4, 0.5) is 5.69 Å². The third-order valence-corrected chi connectivity index (χ3v) is 3.24. The summed E-state index contributed by atoms with van der Waals surface area (Å²) in [5, 5.41) is 24.4. The van der Waals surface area contributed by atoms with Crippen molar-refractivity contribution in [1.29, 1.82) is 0 Å². The monoisotopic (exact) mass is 289 g/mol. The largest absolute Gasteiger partial charge is 0.365 e. The van der Waals surface area contributed by atoms with E-state index in [4.69, 9.17) is 0 Å². The molecular formula is C15H19N3O3. The molecule has 112 valence electrons. The van der Waals surface area contributed by atoms with Gasteiger partial charge in [-0.15, -0.1) is 0 Å². The van der Waals surface area contributed by atoms with Crippen LogP contribution in [0.5, 0.6) is 0 Å². The lowest BCUT2D eigenvalue weighted by atomic mass is 9.99. The summed E-state index contributed by atoms with van der Waals surface area (Å²) in [5.74, 6) is 0.672. The smallest absolute Gasteiger partial charge is 0.269 e. The topological polar surface area (TPSA) is 87.8 Å². The molecule has 0 saturated heterocycles. The highest BCUT2D eigenvalue weighted by Crippen LogP contribution is 2.24. The Bertz CT molecular complexity index is 593. The molecule has 1 aromatic carbocycles. The Morgan fingerprint density at radius 2 is 2.05 bits per heavy atom. The minimum absolute atomic E-state index is 0.0398. The molecule has 21 heavy (non-hydrogen) atoms. The molecule has 1 heterocycles. The highest BCUT2D eigenvalue weighted by molar-refractivity contribution is 5.82. The van der Waals surface area contributed by atoms with Crippen LogP contribution in [-0.2, 0) is 6.42 Å². The van der Waals surface area contributed by atoms with E-state index >= 15 is 0 Å². The number of rotatable bonds is 5. The van der Waals surface area contributed by atoms with Crippen molar-refractivity contribution in [2.24, 2.45) is 4.99 Å². The van der Waals surface area contributed by atoms with Gasteiger partial charge in [-0.3, -0.25) is 10.1 Å². The maximum absolute atomic E-state index is 10.6. The normalized spacial score (nSPS) is 21.3. The van der Waals surface area contributed by atoms with Gasteiger partial charge in [0, 0.05) is 24.3 Å². The molecule has 0 saturated carbocycles. The van der Waals surface area contributed by atoms with Gasteiger partial charge in [0.2, 0.25) is 0 Å². The van der Waals surface area contributed by atoms with Crippen molar-refractivity contribution in [1.82, 2.24) is 5.32 Å². The van der Waals surface area contributed by atoms with E-state index in [1.54, 1.807) is 18.2 Å². The Labute approximate surface area is 123 Å². The Kier molecular flexibility index (Phi) is 4.37. The van der Waals surface area contributed by atoms with Crippen LogP contribution >= 0.6 is 0 Å². The van der Waals surface area contributed by atoms with Crippen molar-refractivity contribution < 1.29 is 10.0 Å². The molecule has 2 rings (SSSR count). The van der Waals surface area contributed by atoms with Gasteiger partial charge < -0.3 is 10.4 Å². The van der Waals surface area contributed by atoms with E-state index in [0.29, 0.717) is 5.84 Å². The van der Waals surface area contributed by atoms with Crippen LogP contribution in [-0.4, -0.2) is 21.6 Å². The minimum Gasteiger partial charge on any atom is -0.365 e. The molecule has 1 unspecified atom stereocenters. The van der Waals surface area contributed by atoms with Crippen LogP contribution in [0.15, 0.2) is 41.0 Å². The lowest BCUT2D eigenvalue weighted by Crippen LogP contribution is -2.37. The molecule has 2 N–H and O–H groups in total. The number of aliphatic hydroxyl groups is 1. The zero-order valence-electron chi connectivity index (χ0n) is 12.2. The number of nitrogens with one attached hydrogen (secondary N) is 1. The minimum atomic E-state index is -1.30. The van der Waals surface area contributed by atoms with E-state index in [1.807, 2.05) is 6.92 Å². The maximum atomic E-state index is 10.6. The number of hydrogen-bond donors (Lipinski definition) is 2. The van der Waals surface area contributed by atoms with Crippen molar-refractivity contribution in [2.75, 3.05) is 0 Å². The van der Waals surface area contributed by atoms with Gasteiger partial charge in [0.15, 0.2) is 5.72 Å². The van der Waals surface area contributed by atoms with Crippen molar-refractivity contribution in [3.05, 3.63) is 51.7 Å². The summed E-state index contributed by atoms with van der Waals surface area (Å²) in [6.45, 7) is 3.88. The number of amidine groups is 1. The Morgan fingerprint density at radius 1 is 1.38 bits per heavy atom. The highest BCUT2D eigenvalue weighted by atomic mass is 16.6. The number of non-ortho nitro benzene ring substituents is 1. The second kappa shape index (κ2) is 6.05. The first-order valence-electron chi connectivity index (χ1n) is 6.93. The number of allylic oxidation sites excluding steroid dienone is 1. The molecule has 0 amide bonds. The molecule has 1 aliphatic heterocycles. The number of aliphatic imine (C=N–C) groups is 1. The van der Waals surface area contributed by atoms with Gasteiger partial charge in [-0.1, -0.05) is 25.5 Å². The number of nitro benzene ring substituents is 1. The summed E-state index contributed by atoms with van der Waals surface area (Å²) in [7, 11) is 0. The SMILES string of the molecule is CCCC1=CC(O)(Cc2ccc([N+](=O)[O-])cc2)N=C(C)N1. The molecule has 1 aliphatic rings. The molecular weight excluding hydrogens is 270 g/mol. The van der Waals surface area contributed by atoms with Crippen molar-refractivity contribution in [3.8, 4) is 0 Å². The van der Waals surface area contributed by atoms with E-state index in [-0.39, 0.29) is 12.1 Å². The van der Waals surface area contributed by atoms with Gasteiger partial charge in [0.1, 0.15) is 5.84 Å². The van der Waals surface area contributed by atoms with Gasteiger partial charge in [-0.05, 0) is 25.0 Å². The summed E-state index contributed by atoms with van der Waals surface area (Å²) in [4.78, 5) is 14.5. The van der Waals surface area contributed by atoms with E-state index < -0.39 is 10.6 Å². The lowest BCUT2D eigenvalue weighted by Gasteiger charge is -2.28. The first-order valence-corrected chi connectivity index (χ1v) is 6.93. The second-order valence-electron chi connectivity index (χ2n) is 5.22. The molecule has 0 bridgehead atoms. The van der Waals surface area contributed by atoms with Gasteiger partial charge in [-0.2, -0.15) is 0 Å². The number of nitro groups is 1. The number of nitrogens with zero attached hydrogens (tertiary/aromatic N) is 2. The summed E-state index contributed by atoms with van der Waals surface area (Å²) < 4.78 is 0. The summed E-state index contributed by atoms with van der Waals surface area (Å²) in [6, 6.07) is 6.17. The predicted molar refractivity (Wildman–Crippen MR) is 81.0 cm³/mol. The first-order chi connectivity index (χ1) is 9.92. The molecule has 0 radical (unpaired) electrons. The molecule has 1 aromatic rings. The van der Waals surface area contributed by atoms with Crippen molar-refractivity contribution in [2.45, 2.75) is 38.8 Å². The van der Waals surface area contributed by atoms with Crippen LogP contribution in [0.3, 0.4) is 0 Å². The fraction of sp³-hybridized carbons (Fsp3) is 0.400. The number of hydrogen-bond acceptors (Lipinski definition) is 5. The molecule has 0 spiro atoms. The van der Waals surface area contributed by atoms with Gasteiger partial charge >= 0.3 is 0 Å². The Balaban J connectivity index is 2.19. The average Bonchev–Trinajstić information content (AvgIpc) is 2.38. The van der Waals surface area contributed by atoms with Crippen LogP contribution in [0, 0.1) is 10.1 Å². The molecule has 0 aromatic heterocycles. The van der Waals surface area contributed by atoms with E-state index in [0.717, 1.165) is 24.1 Å². The molecule has 0 aliphatic carbocycles. The second-order valence-corrected chi connectivity index (χ2v) is 5.22. The van der Waals surface area contributed by atoms with E-state index in [2.05, 4.69) is 17.2 Å². The third-order valence-electron chi connectivity index (χ3n) is 3.24. The standard InChI is InChI=1S/C15H19N3O3/c1-3-4-13-10-15(19,17-11(2)16-13)9-12-5-7-14(8-6-12)18(20)21/h5-8,10,19H,3-4,9H2,1-2H3,(H,16,17). The quantitative estimate of drug-likeness (QED) is 0.644. The third kappa shape index (κ3) is 3.88. The predicted octanol–water partition coefficient (Wildman–Crippen LogP) is 2.53. The zero-order chi connectivity index (χ0) is 15.5. The number of benzene rings is 1. The Morgan fingerprint density at radius 3 is 2.62 bits per heavy atom. The van der Waals surface area contributed by atoms with Crippen molar-refractivity contribution in [3.63, 3.8) is 0 Å². The summed E-state index contributed by atoms with van der Waals surface area (Å²) >= 11 is 0. The first kappa shape index (κ1) is 15.2. The van der Waals surface area contributed by atoms with Crippen LogP contribution in [0.2, 0.25) is 0 Å². The highest BCUT2D eigenvalue weighted by Gasteiger charge is 2.28. The molecule has 0 fully saturated rings. The maximum Gasteiger partial charge on any atom is 0.269 e. The average molecular weight is 289 g/mol. The summed E-state index contributed by atoms with van der Waals surface area (Å²) in [6.07, 6.45) is 3.83. The zero-order valence-corrected chi connectivity index (χ0v) is 12.2. The lowest BCUT2D eigenvalue weighted by molar-refractivity contribution is -0.384. The van der Waals surface area contributed by atoms with Crippen LogP contribution in [0.25, 0.3) is 0 Å². The molecule has 6 nitrogen and oxygen atoms in total. The van der Waals surface area contributed by atoms with Gasteiger partial charge in [0.25, 0.3) is 5.69 Å². The summed E-state index contributed by atoms with van der Waals surface area (Å²) in [5.41, 5.74) is 0.497. The fourth-order valence-corrected chi connectivity index (χ4v) is 2.43. The van der Waals surface area contributed by atoms with E-state index in [9.17, 15) is 15.2 Å². The fourth-order valence-electron chi connectivity index (χ4n) is 2.43. The van der Waals surface area contributed by atoms with Crippen molar-refractivity contribution >= 4 is 11.5 Å². The molecule has 1 atom stereocenters. The van der Waals surface area contributed by atoms with Crippen LogP contribution < -0.4 is 5.32 Å². The molecule has 6 heteroatoms. The van der Waals surface area contributed by atoms with Gasteiger partial charge in [-0.25, -0.2) is 4.99 Å². The van der Waals surface area contributed by atoms with Crippen LogP contribution in [0.1, 0.15) is 32.3 Å². The Hall–Kier alpha value is -2.21. The van der Waals surface area contributed by atoms with E-state index in [1.165, 1.54) is 12.1 Å². The van der Waals surface area contributed by atoms with Gasteiger partial charge in [0.05, 0.1) is 4.92 Å².